The van der Waals surface area contributed by atoms with E-state index in [4.69, 9.17) is 0 Å². The molecule has 122 valence electrons. The summed E-state index contributed by atoms with van der Waals surface area (Å²) in [6.07, 6.45) is 4.89. The molecule has 3 rings (SSSR count). The van der Waals surface area contributed by atoms with Crippen molar-refractivity contribution in [3.63, 3.8) is 0 Å². The van der Waals surface area contributed by atoms with Gasteiger partial charge in [-0.25, -0.2) is 8.42 Å². The molecule has 0 heterocycles. The summed E-state index contributed by atoms with van der Waals surface area (Å²) in [6.45, 7) is 0.577. The zero-order valence-corrected chi connectivity index (χ0v) is 14.0. The van der Waals surface area contributed by atoms with Crippen molar-refractivity contribution < 1.29 is 13.2 Å². The summed E-state index contributed by atoms with van der Waals surface area (Å²) in [5, 5.41) is 4.90. The molecule has 5 heteroatoms. The minimum absolute atomic E-state index is 0.115. The second-order valence-electron chi connectivity index (χ2n) is 6.32. The first-order chi connectivity index (χ1) is 10.9. The molecule has 0 atom stereocenters. The monoisotopic (exact) mass is 331 g/mol. The van der Waals surface area contributed by atoms with Crippen LogP contribution in [0.25, 0.3) is 10.8 Å². The predicted molar refractivity (Wildman–Crippen MR) is 91.1 cm³/mol. The fourth-order valence-electron chi connectivity index (χ4n) is 2.76. The van der Waals surface area contributed by atoms with Gasteiger partial charge in [-0.05, 0) is 53.6 Å². The predicted octanol–water partition coefficient (Wildman–Crippen LogP) is 2.70. The number of rotatable bonds is 6. The van der Waals surface area contributed by atoms with Crippen LogP contribution in [0, 0.1) is 5.92 Å². The fourth-order valence-corrected chi connectivity index (χ4v) is 3.41. The molecule has 4 nitrogen and oxygen atoms in total. The number of hydrogen-bond acceptors (Lipinski definition) is 3. The number of fused-ring (bicyclic) bond motifs is 1. The van der Waals surface area contributed by atoms with Crippen molar-refractivity contribution in [2.45, 2.75) is 30.6 Å². The van der Waals surface area contributed by atoms with Crippen LogP contribution in [0.15, 0.2) is 41.3 Å². The molecule has 0 spiro atoms. The van der Waals surface area contributed by atoms with Crippen LogP contribution >= 0.6 is 0 Å². The minimum Gasteiger partial charge on any atom is -0.356 e. The normalized spacial score (nSPS) is 14.8. The van der Waals surface area contributed by atoms with Gasteiger partial charge in [0, 0.05) is 19.2 Å². The third-order valence-electron chi connectivity index (χ3n) is 4.26. The van der Waals surface area contributed by atoms with Gasteiger partial charge in [0.2, 0.25) is 5.91 Å². The molecular weight excluding hydrogens is 310 g/mol. The van der Waals surface area contributed by atoms with E-state index in [2.05, 4.69) is 5.32 Å². The van der Waals surface area contributed by atoms with Crippen molar-refractivity contribution in [3.8, 4) is 0 Å². The second kappa shape index (κ2) is 6.32. The first kappa shape index (κ1) is 16.0. The van der Waals surface area contributed by atoms with Crippen molar-refractivity contribution >= 4 is 26.5 Å². The van der Waals surface area contributed by atoms with Crippen molar-refractivity contribution in [3.05, 3.63) is 42.0 Å². The summed E-state index contributed by atoms with van der Waals surface area (Å²) in [4.78, 5) is 12.1. The number of hydrogen-bond donors (Lipinski definition) is 1. The maximum atomic E-state index is 11.7. The smallest absolute Gasteiger partial charge is 0.220 e. The lowest BCUT2D eigenvalue weighted by Crippen LogP contribution is -2.25. The Balaban J connectivity index is 1.75. The number of carbonyl (C=O) groups is 1. The molecule has 2 aromatic rings. The molecule has 1 saturated carbocycles. The lowest BCUT2D eigenvalue weighted by atomic mass is 10.0. The molecule has 0 radical (unpaired) electrons. The maximum Gasteiger partial charge on any atom is 0.220 e. The van der Waals surface area contributed by atoms with Crippen LogP contribution in [-0.4, -0.2) is 27.1 Å². The summed E-state index contributed by atoms with van der Waals surface area (Å²) >= 11 is 0. The van der Waals surface area contributed by atoms with Crippen LogP contribution < -0.4 is 5.32 Å². The van der Waals surface area contributed by atoms with Gasteiger partial charge < -0.3 is 5.32 Å². The molecule has 1 aliphatic rings. The maximum absolute atomic E-state index is 11.7. The molecule has 2 aromatic carbocycles. The van der Waals surface area contributed by atoms with Gasteiger partial charge >= 0.3 is 0 Å². The molecule has 23 heavy (non-hydrogen) atoms. The highest BCUT2D eigenvalue weighted by molar-refractivity contribution is 7.90. The highest BCUT2D eigenvalue weighted by atomic mass is 32.2. The van der Waals surface area contributed by atoms with Crippen LogP contribution in [0.2, 0.25) is 0 Å². The topological polar surface area (TPSA) is 63.2 Å². The average Bonchev–Trinajstić information content (AvgIpc) is 3.30. The van der Waals surface area contributed by atoms with Crippen LogP contribution in [0.4, 0.5) is 0 Å². The lowest BCUT2D eigenvalue weighted by Gasteiger charge is -2.09. The number of amides is 1. The van der Waals surface area contributed by atoms with E-state index in [1.807, 2.05) is 24.3 Å². The SMILES string of the molecule is CS(=O)(=O)c1ccc2cccc(CCNC(=O)CC3CC3)c2c1. The average molecular weight is 331 g/mol. The second-order valence-corrected chi connectivity index (χ2v) is 8.34. The highest BCUT2D eigenvalue weighted by Gasteiger charge is 2.24. The number of nitrogens with one attached hydrogen (secondary N) is 1. The molecule has 1 N–H and O–H groups in total. The van der Waals surface area contributed by atoms with E-state index in [0.717, 1.165) is 16.3 Å². The van der Waals surface area contributed by atoms with Gasteiger partial charge in [-0.2, -0.15) is 0 Å². The van der Waals surface area contributed by atoms with E-state index < -0.39 is 9.84 Å². The van der Waals surface area contributed by atoms with Gasteiger partial charge in [0.25, 0.3) is 0 Å². The van der Waals surface area contributed by atoms with E-state index in [1.165, 1.54) is 19.1 Å². The Labute approximate surface area is 136 Å². The molecule has 1 amide bonds. The summed E-state index contributed by atoms with van der Waals surface area (Å²) in [5.74, 6) is 0.703. The Kier molecular flexibility index (Phi) is 4.39. The molecular formula is C18H21NO3S. The van der Waals surface area contributed by atoms with Crippen LogP contribution in [0.3, 0.4) is 0 Å². The zero-order chi connectivity index (χ0) is 16.4. The fraction of sp³-hybridized carbons (Fsp3) is 0.389. The van der Waals surface area contributed by atoms with Crippen LogP contribution in [-0.2, 0) is 21.1 Å². The Morgan fingerprint density at radius 3 is 2.70 bits per heavy atom. The minimum atomic E-state index is -3.22. The third-order valence-corrected chi connectivity index (χ3v) is 5.37. The lowest BCUT2D eigenvalue weighted by molar-refractivity contribution is -0.121. The number of sulfone groups is 1. The first-order valence-electron chi connectivity index (χ1n) is 7.92. The van der Waals surface area contributed by atoms with E-state index >= 15 is 0 Å². The largest absolute Gasteiger partial charge is 0.356 e. The quantitative estimate of drug-likeness (QED) is 0.885. The summed E-state index contributed by atoms with van der Waals surface area (Å²) in [5.41, 5.74) is 1.06. The Hall–Kier alpha value is -1.88. The summed E-state index contributed by atoms with van der Waals surface area (Å²) in [7, 11) is -3.22. The van der Waals surface area contributed by atoms with Gasteiger partial charge in [0.15, 0.2) is 9.84 Å². The van der Waals surface area contributed by atoms with Gasteiger partial charge in [0.1, 0.15) is 0 Å². The Bertz CT molecular complexity index is 838. The molecule has 0 aliphatic heterocycles. The standard InChI is InChI=1S/C18H21NO3S/c1-23(21,22)16-8-7-14-3-2-4-15(17(14)12-16)9-10-19-18(20)11-13-5-6-13/h2-4,7-8,12-13H,5-6,9-11H2,1H3,(H,19,20). The Morgan fingerprint density at radius 1 is 1.22 bits per heavy atom. The molecule has 0 aromatic heterocycles. The van der Waals surface area contributed by atoms with E-state index in [1.54, 1.807) is 12.1 Å². The molecule has 1 aliphatic carbocycles. The van der Waals surface area contributed by atoms with E-state index in [-0.39, 0.29) is 5.91 Å². The zero-order valence-electron chi connectivity index (χ0n) is 13.2. The van der Waals surface area contributed by atoms with Gasteiger partial charge in [0.05, 0.1) is 4.90 Å². The first-order valence-corrected chi connectivity index (χ1v) is 9.81. The van der Waals surface area contributed by atoms with Crippen LogP contribution in [0.5, 0.6) is 0 Å². The molecule has 0 bridgehead atoms. The molecule has 0 unspecified atom stereocenters. The molecule has 0 saturated heterocycles. The van der Waals surface area contributed by atoms with Crippen molar-refractivity contribution in [2.75, 3.05) is 12.8 Å². The number of carbonyl (C=O) groups excluding carboxylic acids is 1. The van der Waals surface area contributed by atoms with Gasteiger partial charge in [-0.15, -0.1) is 0 Å². The van der Waals surface area contributed by atoms with Crippen molar-refractivity contribution in [1.82, 2.24) is 5.32 Å². The van der Waals surface area contributed by atoms with Crippen molar-refractivity contribution in [2.24, 2.45) is 5.92 Å². The van der Waals surface area contributed by atoms with E-state index in [0.29, 0.717) is 30.2 Å². The number of benzene rings is 2. The van der Waals surface area contributed by atoms with Gasteiger partial charge in [-0.1, -0.05) is 24.3 Å². The summed E-state index contributed by atoms with van der Waals surface area (Å²) < 4.78 is 23.5. The van der Waals surface area contributed by atoms with Crippen molar-refractivity contribution in [1.29, 1.82) is 0 Å². The highest BCUT2D eigenvalue weighted by Crippen LogP contribution is 2.32. The van der Waals surface area contributed by atoms with Gasteiger partial charge in [-0.3, -0.25) is 4.79 Å². The Morgan fingerprint density at radius 2 is 2.00 bits per heavy atom. The molecule has 1 fully saturated rings. The van der Waals surface area contributed by atoms with Crippen LogP contribution in [0.1, 0.15) is 24.8 Å². The summed E-state index contributed by atoms with van der Waals surface area (Å²) in [6, 6.07) is 11.1. The van der Waals surface area contributed by atoms with E-state index in [9.17, 15) is 13.2 Å². The third kappa shape index (κ3) is 4.10.